The third-order valence-electron chi connectivity index (χ3n) is 4.35. The van der Waals surface area contributed by atoms with Crippen molar-refractivity contribution in [3.63, 3.8) is 0 Å². The molecule has 0 radical (unpaired) electrons. The summed E-state index contributed by atoms with van der Waals surface area (Å²) in [6.45, 7) is 3.44. The fourth-order valence-electron chi connectivity index (χ4n) is 2.81. The van der Waals surface area contributed by atoms with Gasteiger partial charge in [0.2, 0.25) is 0 Å². The van der Waals surface area contributed by atoms with E-state index in [2.05, 4.69) is 10.7 Å². The molecular formula is C19H19N3O4. The molecule has 2 aromatic rings. The number of nitrogens with zero attached hydrogens (tertiary/aromatic N) is 1. The van der Waals surface area contributed by atoms with Crippen molar-refractivity contribution in [2.24, 2.45) is 0 Å². The van der Waals surface area contributed by atoms with Crippen molar-refractivity contribution in [1.82, 2.24) is 15.8 Å². The summed E-state index contributed by atoms with van der Waals surface area (Å²) in [4.78, 5) is 37.5. The van der Waals surface area contributed by atoms with Gasteiger partial charge in [0.1, 0.15) is 11.3 Å². The monoisotopic (exact) mass is 353 g/mol. The number of rotatable bonds is 4. The van der Waals surface area contributed by atoms with Crippen molar-refractivity contribution in [3.8, 4) is 5.75 Å². The summed E-state index contributed by atoms with van der Waals surface area (Å²) in [5.74, 6) is -0.455. The van der Waals surface area contributed by atoms with Gasteiger partial charge in [-0.2, -0.15) is 5.01 Å². The van der Waals surface area contributed by atoms with Crippen LogP contribution in [0.4, 0.5) is 4.79 Å². The van der Waals surface area contributed by atoms with Crippen LogP contribution in [0, 0.1) is 6.92 Å². The van der Waals surface area contributed by atoms with Gasteiger partial charge < -0.3 is 10.1 Å². The predicted molar refractivity (Wildman–Crippen MR) is 94.4 cm³/mol. The number of imide groups is 1. The lowest BCUT2D eigenvalue weighted by Gasteiger charge is -2.22. The maximum absolute atomic E-state index is 12.8. The van der Waals surface area contributed by atoms with Crippen LogP contribution in [0.3, 0.4) is 0 Å². The highest BCUT2D eigenvalue weighted by Gasteiger charge is 2.50. The summed E-state index contributed by atoms with van der Waals surface area (Å²) in [6.07, 6.45) is 0. The van der Waals surface area contributed by atoms with Gasteiger partial charge >= 0.3 is 6.03 Å². The molecule has 7 heteroatoms. The Bertz CT molecular complexity index is 879. The summed E-state index contributed by atoms with van der Waals surface area (Å²) in [6, 6.07) is 13.0. The Kier molecular flexibility index (Phi) is 4.38. The lowest BCUT2D eigenvalue weighted by Crippen LogP contribution is -2.47. The van der Waals surface area contributed by atoms with E-state index < -0.39 is 23.4 Å². The quantitative estimate of drug-likeness (QED) is 0.824. The number of nitrogens with one attached hydrogen (secondary N) is 2. The van der Waals surface area contributed by atoms with Crippen molar-refractivity contribution < 1.29 is 19.1 Å². The van der Waals surface area contributed by atoms with Gasteiger partial charge in [-0.3, -0.25) is 15.0 Å². The number of ether oxygens (including phenoxy) is 1. The average Bonchev–Trinajstić information content (AvgIpc) is 2.86. The van der Waals surface area contributed by atoms with Gasteiger partial charge in [0, 0.05) is 5.56 Å². The zero-order valence-corrected chi connectivity index (χ0v) is 14.7. The molecule has 2 N–H and O–H groups in total. The molecule has 1 aliphatic heterocycles. The van der Waals surface area contributed by atoms with Crippen molar-refractivity contribution >= 4 is 17.8 Å². The van der Waals surface area contributed by atoms with Gasteiger partial charge in [-0.1, -0.05) is 29.8 Å². The second kappa shape index (κ2) is 6.51. The summed E-state index contributed by atoms with van der Waals surface area (Å²) < 4.78 is 5.11. The molecule has 0 aromatic heterocycles. The first-order valence-corrected chi connectivity index (χ1v) is 8.04. The van der Waals surface area contributed by atoms with Crippen LogP contribution in [-0.4, -0.2) is 30.0 Å². The van der Waals surface area contributed by atoms with Crippen LogP contribution in [0.1, 0.15) is 28.4 Å². The molecule has 1 heterocycles. The minimum Gasteiger partial charge on any atom is -0.497 e. The smallest absolute Gasteiger partial charge is 0.344 e. The fourth-order valence-corrected chi connectivity index (χ4v) is 2.81. The van der Waals surface area contributed by atoms with Crippen LogP contribution in [0.25, 0.3) is 0 Å². The summed E-state index contributed by atoms with van der Waals surface area (Å²) in [7, 11) is 1.54. The second-order valence-corrected chi connectivity index (χ2v) is 6.23. The molecule has 0 saturated carbocycles. The highest BCUT2D eigenvalue weighted by atomic mass is 16.5. The number of urea groups is 1. The molecule has 1 aliphatic rings. The zero-order valence-electron chi connectivity index (χ0n) is 14.7. The normalized spacial score (nSPS) is 19.3. The second-order valence-electron chi connectivity index (χ2n) is 6.23. The van der Waals surface area contributed by atoms with Crippen molar-refractivity contribution in [1.29, 1.82) is 0 Å². The number of benzene rings is 2. The largest absolute Gasteiger partial charge is 0.497 e. The molecule has 1 saturated heterocycles. The highest BCUT2D eigenvalue weighted by molar-refractivity contribution is 6.09. The highest BCUT2D eigenvalue weighted by Crippen LogP contribution is 2.29. The number of carbonyl (C=O) groups excluding carboxylic acids is 3. The SMILES string of the molecule is COc1ccc([C@]2(C)NC(=O)N(NC(=O)c3cccc(C)c3)C2=O)cc1. The Hall–Kier alpha value is -3.35. The summed E-state index contributed by atoms with van der Waals surface area (Å²) in [5.41, 5.74) is 2.96. The third-order valence-corrected chi connectivity index (χ3v) is 4.35. The molecule has 2 aromatic carbocycles. The van der Waals surface area contributed by atoms with Crippen molar-refractivity contribution in [2.45, 2.75) is 19.4 Å². The fraction of sp³-hybridized carbons (Fsp3) is 0.211. The summed E-state index contributed by atoms with van der Waals surface area (Å²) >= 11 is 0. The van der Waals surface area contributed by atoms with Crippen molar-refractivity contribution in [2.75, 3.05) is 7.11 Å². The Morgan fingerprint density at radius 3 is 2.46 bits per heavy atom. The number of amides is 4. The molecule has 134 valence electrons. The average molecular weight is 353 g/mol. The van der Waals surface area contributed by atoms with E-state index in [0.717, 1.165) is 10.6 Å². The van der Waals surface area contributed by atoms with Crippen LogP contribution in [-0.2, 0) is 10.3 Å². The molecular weight excluding hydrogens is 334 g/mol. The Balaban J connectivity index is 1.83. The predicted octanol–water partition coefficient (Wildman–Crippen LogP) is 2.12. The molecule has 1 fully saturated rings. The maximum Gasteiger partial charge on any atom is 0.344 e. The van der Waals surface area contributed by atoms with Crippen molar-refractivity contribution in [3.05, 3.63) is 65.2 Å². The first-order chi connectivity index (χ1) is 12.3. The van der Waals surface area contributed by atoms with E-state index in [9.17, 15) is 14.4 Å². The van der Waals surface area contributed by atoms with Crippen LogP contribution >= 0.6 is 0 Å². The minimum atomic E-state index is -1.27. The van der Waals surface area contributed by atoms with Crippen LogP contribution in [0.15, 0.2) is 48.5 Å². The third kappa shape index (κ3) is 2.99. The first-order valence-electron chi connectivity index (χ1n) is 8.04. The van der Waals surface area contributed by atoms with Gasteiger partial charge in [-0.15, -0.1) is 0 Å². The Labute approximate surface area is 150 Å². The summed E-state index contributed by atoms with van der Waals surface area (Å²) in [5, 5.41) is 3.35. The van der Waals surface area contributed by atoms with Gasteiger partial charge in [0.15, 0.2) is 0 Å². The van der Waals surface area contributed by atoms with E-state index in [1.165, 1.54) is 0 Å². The number of hydrogen-bond acceptors (Lipinski definition) is 4. The standard InChI is InChI=1S/C19H19N3O4/c1-12-5-4-6-13(11-12)16(23)21-22-17(24)19(2,20-18(22)25)14-7-9-15(26-3)10-8-14/h4-11H,1-3H3,(H,20,25)(H,21,23)/t19-/m0/s1. The molecule has 4 amide bonds. The minimum absolute atomic E-state index is 0.364. The number of hydrogen-bond donors (Lipinski definition) is 2. The molecule has 0 spiro atoms. The van der Waals surface area contributed by atoms with E-state index >= 15 is 0 Å². The van der Waals surface area contributed by atoms with E-state index in [0.29, 0.717) is 16.9 Å². The number of methoxy groups -OCH3 is 1. The molecule has 0 unspecified atom stereocenters. The lowest BCUT2D eigenvalue weighted by atomic mass is 9.92. The van der Waals surface area contributed by atoms with E-state index in [1.807, 2.05) is 13.0 Å². The van der Waals surface area contributed by atoms with Crippen LogP contribution in [0.2, 0.25) is 0 Å². The van der Waals surface area contributed by atoms with E-state index in [1.54, 1.807) is 56.5 Å². The zero-order chi connectivity index (χ0) is 18.9. The lowest BCUT2D eigenvalue weighted by molar-refractivity contribution is -0.132. The molecule has 26 heavy (non-hydrogen) atoms. The number of carbonyl (C=O) groups is 3. The number of hydrazine groups is 1. The molecule has 1 atom stereocenters. The van der Waals surface area contributed by atoms with E-state index in [-0.39, 0.29) is 0 Å². The first kappa shape index (κ1) is 17.5. The van der Waals surface area contributed by atoms with Crippen LogP contribution < -0.4 is 15.5 Å². The maximum atomic E-state index is 12.8. The Morgan fingerprint density at radius 2 is 1.85 bits per heavy atom. The van der Waals surface area contributed by atoms with Gasteiger partial charge in [0.05, 0.1) is 7.11 Å². The van der Waals surface area contributed by atoms with Gasteiger partial charge in [0.25, 0.3) is 11.8 Å². The van der Waals surface area contributed by atoms with E-state index in [4.69, 9.17) is 4.74 Å². The molecule has 0 aliphatic carbocycles. The van der Waals surface area contributed by atoms with Gasteiger partial charge in [-0.05, 0) is 43.7 Å². The van der Waals surface area contributed by atoms with Gasteiger partial charge in [-0.25, -0.2) is 4.79 Å². The molecule has 0 bridgehead atoms. The number of aryl methyl sites for hydroxylation is 1. The molecule has 3 rings (SSSR count). The topological polar surface area (TPSA) is 87.7 Å². The Morgan fingerprint density at radius 1 is 1.15 bits per heavy atom. The van der Waals surface area contributed by atoms with Crippen LogP contribution in [0.5, 0.6) is 5.75 Å². The molecule has 7 nitrogen and oxygen atoms in total.